The molecule has 0 aliphatic rings. The first-order chi connectivity index (χ1) is 11.4. The molecule has 2 aromatic rings. The summed E-state index contributed by atoms with van der Waals surface area (Å²) in [4.78, 5) is 20.1. The van der Waals surface area contributed by atoms with Crippen molar-refractivity contribution in [3.8, 4) is 0 Å². The maximum Gasteiger partial charge on any atom is 0.291 e. The van der Waals surface area contributed by atoms with Gasteiger partial charge in [0.25, 0.3) is 5.76 Å². The Balaban J connectivity index is 1.96. The molecule has 0 atom stereocenters. The number of aryl methyl sites for hydroxylation is 3. The average molecular weight is 373 g/mol. The molecular formula is C14H17F2N5OS2. The van der Waals surface area contributed by atoms with Gasteiger partial charge in [0.05, 0.1) is 0 Å². The molecule has 1 amide bonds. The van der Waals surface area contributed by atoms with Crippen molar-refractivity contribution in [3.63, 3.8) is 0 Å². The Morgan fingerprint density at radius 2 is 1.92 bits per heavy atom. The van der Waals surface area contributed by atoms with E-state index < -0.39 is 5.76 Å². The number of hydrogen-bond donors (Lipinski definition) is 1. The summed E-state index contributed by atoms with van der Waals surface area (Å²) in [5.74, 6) is -2.74. The Morgan fingerprint density at radius 3 is 2.46 bits per heavy atom. The third-order valence-corrected chi connectivity index (χ3v) is 4.77. The highest BCUT2D eigenvalue weighted by molar-refractivity contribution is 7.99. The largest absolute Gasteiger partial charge is 0.301 e. The number of carbonyl (C=O) groups is 1. The van der Waals surface area contributed by atoms with Crippen LogP contribution in [0.15, 0.2) is 5.16 Å². The molecule has 130 valence electrons. The highest BCUT2D eigenvalue weighted by Gasteiger charge is 2.14. The van der Waals surface area contributed by atoms with E-state index in [1.54, 1.807) is 13.8 Å². The van der Waals surface area contributed by atoms with E-state index in [-0.39, 0.29) is 17.5 Å². The van der Waals surface area contributed by atoms with Gasteiger partial charge in [-0.3, -0.25) is 4.79 Å². The highest BCUT2D eigenvalue weighted by Crippen LogP contribution is 2.24. The van der Waals surface area contributed by atoms with Crippen molar-refractivity contribution in [3.05, 3.63) is 22.0 Å². The molecule has 1 N–H and O–H groups in total. The van der Waals surface area contributed by atoms with Gasteiger partial charge in [0.1, 0.15) is 5.01 Å². The minimum atomic E-state index is -2.56. The van der Waals surface area contributed by atoms with Gasteiger partial charge in [-0.15, -0.1) is 10.2 Å². The third-order valence-electron chi connectivity index (χ3n) is 3.21. The van der Waals surface area contributed by atoms with Gasteiger partial charge in [0.2, 0.25) is 11.0 Å². The van der Waals surface area contributed by atoms with Crippen LogP contribution in [0, 0.1) is 13.8 Å². The molecule has 0 saturated carbocycles. The van der Waals surface area contributed by atoms with Gasteiger partial charge in [0, 0.05) is 17.8 Å². The number of rotatable bonds is 7. The normalized spacial score (nSPS) is 11.1. The van der Waals surface area contributed by atoms with Crippen LogP contribution in [-0.4, -0.2) is 31.8 Å². The van der Waals surface area contributed by atoms with Crippen molar-refractivity contribution in [2.24, 2.45) is 0 Å². The van der Waals surface area contributed by atoms with E-state index in [9.17, 15) is 13.6 Å². The first-order valence-electron chi connectivity index (χ1n) is 7.30. The van der Waals surface area contributed by atoms with Crippen LogP contribution in [0.4, 0.5) is 13.9 Å². The molecule has 0 aromatic carbocycles. The van der Waals surface area contributed by atoms with Crippen LogP contribution in [0.2, 0.25) is 0 Å². The molecule has 0 aliphatic heterocycles. The average Bonchev–Trinajstić information content (AvgIpc) is 2.93. The predicted molar refractivity (Wildman–Crippen MR) is 89.6 cm³/mol. The fourth-order valence-electron chi connectivity index (χ4n) is 2.07. The molecule has 2 rings (SSSR count). The van der Waals surface area contributed by atoms with E-state index in [0.717, 1.165) is 17.0 Å². The Hall–Kier alpha value is -1.68. The Labute approximate surface area is 146 Å². The van der Waals surface area contributed by atoms with Crippen molar-refractivity contribution in [1.29, 1.82) is 0 Å². The molecule has 2 aromatic heterocycles. The SMILES string of the molecule is CCc1nnc(NC(=O)CCc2c(C)nc(SC(F)F)nc2C)s1. The lowest BCUT2D eigenvalue weighted by Crippen LogP contribution is -2.13. The number of thioether (sulfide) groups is 1. The number of aromatic nitrogens is 4. The number of amides is 1. The van der Waals surface area contributed by atoms with Crippen LogP contribution in [0.1, 0.15) is 35.3 Å². The highest BCUT2D eigenvalue weighted by atomic mass is 32.2. The Kier molecular flexibility index (Phi) is 6.55. The maximum absolute atomic E-state index is 12.4. The molecule has 10 heteroatoms. The van der Waals surface area contributed by atoms with Crippen LogP contribution in [0.3, 0.4) is 0 Å². The molecule has 6 nitrogen and oxygen atoms in total. The fraction of sp³-hybridized carbons (Fsp3) is 0.500. The summed E-state index contributed by atoms with van der Waals surface area (Å²) in [6.07, 6.45) is 1.43. The molecular weight excluding hydrogens is 356 g/mol. The topological polar surface area (TPSA) is 80.7 Å². The zero-order valence-electron chi connectivity index (χ0n) is 13.5. The summed E-state index contributed by atoms with van der Waals surface area (Å²) >= 11 is 1.66. The zero-order chi connectivity index (χ0) is 17.7. The van der Waals surface area contributed by atoms with Crippen molar-refractivity contribution < 1.29 is 13.6 Å². The van der Waals surface area contributed by atoms with Crippen LogP contribution in [0.5, 0.6) is 0 Å². The van der Waals surface area contributed by atoms with Crippen molar-refractivity contribution in [1.82, 2.24) is 20.2 Å². The van der Waals surface area contributed by atoms with Crippen LogP contribution in [0.25, 0.3) is 0 Å². The van der Waals surface area contributed by atoms with Gasteiger partial charge in [-0.25, -0.2) is 9.97 Å². The molecule has 0 saturated heterocycles. The van der Waals surface area contributed by atoms with Gasteiger partial charge in [-0.2, -0.15) is 8.78 Å². The van der Waals surface area contributed by atoms with Crippen LogP contribution in [-0.2, 0) is 17.6 Å². The fourth-order valence-corrected chi connectivity index (χ4v) is 3.30. The summed E-state index contributed by atoms with van der Waals surface area (Å²) in [7, 11) is 0. The van der Waals surface area contributed by atoms with E-state index in [0.29, 0.717) is 34.7 Å². The first kappa shape index (κ1) is 18.7. The molecule has 0 spiro atoms. The van der Waals surface area contributed by atoms with Gasteiger partial charge in [-0.05, 0) is 44.0 Å². The summed E-state index contributed by atoms with van der Waals surface area (Å²) < 4.78 is 24.8. The monoisotopic (exact) mass is 373 g/mol. The van der Waals surface area contributed by atoms with Crippen molar-refractivity contribution in [2.75, 3.05) is 5.32 Å². The number of carbonyl (C=O) groups excluding carboxylic acids is 1. The minimum Gasteiger partial charge on any atom is -0.301 e. The van der Waals surface area contributed by atoms with Crippen LogP contribution >= 0.6 is 23.1 Å². The zero-order valence-corrected chi connectivity index (χ0v) is 15.1. The molecule has 0 aliphatic carbocycles. The number of anilines is 1. The maximum atomic E-state index is 12.4. The summed E-state index contributed by atoms with van der Waals surface area (Å²) in [5.41, 5.74) is 2.03. The second-order valence-corrected chi connectivity index (χ2v) is 6.96. The standard InChI is InChI=1S/C14H17F2N5OS2/c1-4-11-20-21-14(23-11)19-10(22)6-5-9-7(2)17-13(18-8(9)3)24-12(15)16/h12H,4-6H2,1-3H3,(H,19,21,22). The van der Waals surface area contributed by atoms with Crippen molar-refractivity contribution >= 4 is 34.1 Å². The molecule has 2 heterocycles. The quantitative estimate of drug-likeness (QED) is 0.592. The van der Waals surface area contributed by atoms with Gasteiger partial charge < -0.3 is 5.32 Å². The van der Waals surface area contributed by atoms with E-state index in [1.165, 1.54) is 11.3 Å². The van der Waals surface area contributed by atoms with Crippen molar-refractivity contribution in [2.45, 2.75) is 50.9 Å². The lowest BCUT2D eigenvalue weighted by atomic mass is 10.1. The smallest absolute Gasteiger partial charge is 0.291 e. The second-order valence-electron chi connectivity index (χ2n) is 4.94. The van der Waals surface area contributed by atoms with E-state index in [2.05, 4.69) is 25.5 Å². The summed E-state index contributed by atoms with van der Waals surface area (Å²) in [6.45, 7) is 5.43. The second kappa shape index (κ2) is 8.43. The molecule has 0 radical (unpaired) electrons. The lowest BCUT2D eigenvalue weighted by Gasteiger charge is -2.10. The number of nitrogens with one attached hydrogen (secondary N) is 1. The number of halogens is 2. The molecule has 0 fully saturated rings. The van der Waals surface area contributed by atoms with Crippen LogP contribution < -0.4 is 5.32 Å². The number of hydrogen-bond acceptors (Lipinski definition) is 7. The van der Waals surface area contributed by atoms with E-state index in [1.807, 2.05) is 6.92 Å². The lowest BCUT2D eigenvalue weighted by molar-refractivity contribution is -0.116. The molecule has 0 bridgehead atoms. The van der Waals surface area contributed by atoms with E-state index in [4.69, 9.17) is 0 Å². The predicted octanol–water partition coefficient (Wildman–Crippen LogP) is 3.39. The Bertz CT molecular complexity index is 700. The molecule has 0 unspecified atom stereocenters. The third kappa shape index (κ3) is 5.17. The summed E-state index contributed by atoms with van der Waals surface area (Å²) in [5, 5.41) is 11.9. The first-order valence-corrected chi connectivity index (χ1v) is 8.99. The number of nitrogens with zero attached hydrogens (tertiary/aromatic N) is 4. The Morgan fingerprint density at radius 1 is 1.25 bits per heavy atom. The summed E-state index contributed by atoms with van der Waals surface area (Å²) in [6, 6.07) is 0. The minimum absolute atomic E-state index is 0.0501. The van der Waals surface area contributed by atoms with Gasteiger partial charge in [0.15, 0.2) is 5.16 Å². The van der Waals surface area contributed by atoms with Gasteiger partial charge in [-0.1, -0.05) is 18.3 Å². The molecule has 24 heavy (non-hydrogen) atoms. The van der Waals surface area contributed by atoms with E-state index >= 15 is 0 Å². The van der Waals surface area contributed by atoms with Gasteiger partial charge >= 0.3 is 0 Å². The number of alkyl halides is 2.